The summed E-state index contributed by atoms with van der Waals surface area (Å²) in [5, 5.41) is 56.8. The SMILES string of the molecule is CC(=O)N[C@H]1[C@H](O[C@H](C)[C@H](NC(=O)OCC2c3ccccc3-c3ccccc32)C(=O)O)O[C@H](CO[C@@H]2O[C@H](COCc3ccccc3)[C@@H](O[C@@H]3O[C@H](CO)[C@H](O)[C@H](OCc4ccccc4)[C@H]3OCc3ccccc3)[C@H](OCc3ccccc3)[C@H]2NC(C)=O)[C@H](O[C@@H]2O[C@H](COCc3ccccc3)[C@H](OCc3ccccc3)[C@H](OCc3ccccc3)[C@H]2OCc2ccccc2)[C@@H]1O. The smallest absolute Gasteiger partial charge is 0.407 e. The van der Waals surface area contributed by atoms with Crippen LogP contribution in [0.15, 0.2) is 291 Å². The number of amides is 3. The van der Waals surface area contributed by atoms with Crippen molar-refractivity contribution in [3.8, 4) is 11.1 Å². The Labute approximate surface area is 761 Å². The van der Waals surface area contributed by atoms with Crippen LogP contribution in [0.2, 0.25) is 0 Å². The summed E-state index contributed by atoms with van der Waals surface area (Å²) in [6.45, 7) is 2.01. The molecule has 0 saturated carbocycles. The Hall–Kier alpha value is -10.9. The van der Waals surface area contributed by atoms with E-state index in [1.807, 2.05) is 291 Å². The van der Waals surface area contributed by atoms with E-state index in [-0.39, 0.29) is 78.6 Å². The first-order valence-electron chi connectivity index (χ1n) is 44.3. The van der Waals surface area contributed by atoms with Crippen LogP contribution < -0.4 is 16.0 Å². The summed E-state index contributed by atoms with van der Waals surface area (Å²) in [7, 11) is 0. The van der Waals surface area contributed by atoms with Gasteiger partial charge in [-0.15, -0.1) is 0 Å². The molecule has 22 atom stereocenters. The topological polar surface area (TPSA) is 342 Å². The minimum absolute atomic E-state index is 0.0000222. The lowest BCUT2D eigenvalue weighted by Crippen LogP contribution is -2.70. The number of alkyl carbamates (subject to hydrolysis) is 1. The Balaban J connectivity index is 0.812. The van der Waals surface area contributed by atoms with Gasteiger partial charge in [0.1, 0.15) is 104 Å². The number of aliphatic hydroxyl groups excluding tert-OH is 3. The van der Waals surface area contributed by atoms with Gasteiger partial charge in [-0.2, -0.15) is 0 Å². The van der Waals surface area contributed by atoms with Crippen LogP contribution in [0.5, 0.6) is 0 Å². The van der Waals surface area contributed by atoms with E-state index < -0.39 is 172 Å². The monoisotopic (exact) mass is 1790 g/mol. The van der Waals surface area contributed by atoms with Crippen LogP contribution in [0.4, 0.5) is 4.79 Å². The van der Waals surface area contributed by atoms with E-state index >= 15 is 0 Å². The van der Waals surface area contributed by atoms with Gasteiger partial charge in [0.15, 0.2) is 31.2 Å². The normalized spacial score (nSPS) is 26.3. The fourth-order valence-electron chi connectivity index (χ4n) is 17.1. The first-order valence-corrected chi connectivity index (χ1v) is 44.3. The highest BCUT2D eigenvalue weighted by molar-refractivity contribution is 5.81. The van der Waals surface area contributed by atoms with Crippen molar-refractivity contribution in [3.05, 3.63) is 347 Å². The highest BCUT2D eigenvalue weighted by Gasteiger charge is 2.58. The molecule has 0 spiro atoms. The van der Waals surface area contributed by atoms with E-state index in [0.717, 1.165) is 61.2 Å². The van der Waals surface area contributed by atoms with Crippen LogP contribution in [0, 0.1) is 0 Å². The molecule has 690 valence electrons. The summed E-state index contributed by atoms with van der Waals surface area (Å²) in [6.07, 6.45) is -28.3. The molecule has 15 rings (SSSR count). The number of carbonyl (C=O) groups is 4. The zero-order valence-electron chi connectivity index (χ0n) is 73.0. The van der Waals surface area contributed by atoms with Crippen LogP contribution >= 0.6 is 0 Å². The zero-order valence-corrected chi connectivity index (χ0v) is 73.0. The number of carbonyl (C=O) groups excluding carboxylic acids is 3. The maximum atomic E-state index is 14.4. The largest absolute Gasteiger partial charge is 0.480 e. The summed E-state index contributed by atoms with van der Waals surface area (Å²) >= 11 is 0. The fraction of sp³-hybridized carbons (Fsp3) is 0.379. The average Bonchev–Trinajstić information content (AvgIpc) is 1.70. The lowest BCUT2D eigenvalue weighted by atomic mass is 9.94. The maximum absolute atomic E-state index is 14.4. The highest BCUT2D eigenvalue weighted by atomic mass is 16.8. The van der Waals surface area contributed by atoms with Crippen molar-refractivity contribution in [1.29, 1.82) is 0 Å². The maximum Gasteiger partial charge on any atom is 0.407 e. The van der Waals surface area contributed by atoms with Crippen LogP contribution in [-0.2, 0) is 148 Å². The number of benzene rings is 10. The molecule has 10 aromatic rings. The van der Waals surface area contributed by atoms with Crippen molar-refractivity contribution in [1.82, 2.24) is 16.0 Å². The van der Waals surface area contributed by atoms with Gasteiger partial charge >= 0.3 is 12.1 Å². The first-order chi connectivity index (χ1) is 64.1. The van der Waals surface area contributed by atoms with Crippen LogP contribution in [0.1, 0.15) is 82.3 Å². The number of fused-ring (bicyclic) bond motifs is 3. The Morgan fingerprint density at radius 1 is 0.344 bits per heavy atom. The first kappa shape index (κ1) is 94.8. The van der Waals surface area contributed by atoms with Crippen LogP contribution in [-0.4, -0.2) is 212 Å². The second-order valence-electron chi connectivity index (χ2n) is 33.0. The minimum Gasteiger partial charge on any atom is -0.480 e. The minimum atomic E-state index is -1.95. The van der Waals surface area contributed by atoms with Crippen LogP contribution in [0.25, 0.3) is 11.1 Å². The standard InChI is InChI=1S/C103H113N3O25/c1-65(85(98(112)113)106-103(114)124-61-80-78-50-30-28-48-76(78)77-49-29-31-51-79(77)80)125-100-86(104-66(2)108)89(111)90(130-102-97(122-60-75-46-26-11-27-47-75)95(120-58-73-42-22-9-23-43-73)91(117-55-70-36-16-6-17-37-70)82(129-102)62-115-53-68-32-12-4-13-33-68)84(128-100)64-123-99-87(105-67(3)109)93(118-56-71-38-18-7-19-39-71)92(83(127-99)63-116-54-69-34-14-5-15-35-69)131-101-96(121-59-74-44-24-10-25-45-74)94(88(110)81(52-107)126-101)119-57-72-40-20-8-21-41-72/h4-51,65,80-97,99-102,107,110-111H,52-64H2,1-3H3,(H,104,108)(H,105,109)(H,106,114)(H,112,113)/t65-,81-,82-,83-,84-,85+,86-,87-,88+,89-,90+,91+,92-,93-,94+,95+,96-,97-,99-,100-,101+,102+/m1/s1. The molecule has 0 unspecified atom stereocenters. The van der Waals surface area contributed by atoms with Crippen molar-refractivity contribution < 1.29 is 120 Å². The zero-order chi connectivity index (χ0) is 90.8. The van der Waals surface area contributed by atoms with Gasteiger partial charge in [0, 0.05) is 19.8 Å². The van der Waals surface area contributed by atoms with Gasteiger partial charge < -0.3 is 117 Å². The predicted molar refractivity (Wildman–Crippen MR) is 477 cm³/mol. The summed E-state index contributed by atoms with van der Waals surface area (Å²) < 4.78 is 118. The van der Waals surface area contributed by atoms with E-state index in [1.54, 1.807) is 0 Å². The molecular weight excluding hydrogens is 1680 g/mol. The molecule has 4 heterocycles. The van der Waals surface area contributed by atoms with Gasteiger partial charge in [0.05, 0.1) is 85.4 Å². The van der Waals surface area contributed by atoms with Crippen molar-refractivity contribution in [2.75, 3.05) is 33.0 Å². The van der Waals surface area contributed by atoms with E-state index in [9.17, 15) is 39.6 Å². The summed E-state index contributed by atoms with van der Waals surface area (Å²) in [5.41, 5.74) is 10.0. The Kier molecular flexibility index (Phi) is 34.3. The molecule has 4 aliphatic heterocycles. The molecule has 3 amide bonds. The molecule has 131 heavy (non-hydrogen) atoms. The van der Waals surface area contributed by atoms with Gasteiger partial charge in [0.25, 0.3) is 0 Å². The van der Waals surface area contributed by atoms with Gasteiger partial charge in [0.2, 0.25) is 11.8 Å². The molecule has 4 saturated heterocycles. The van der Waals surface area contributed by atoms with Crippen molar-refractivity contribution >= 4 is 23.9 Å². The fourth-order valence-corrected chi connectivity index (χ4v) is 17.1. The van der Waals surface area contributed by atoms with E-state index in [1.165, 1.54) is 20.8 Å². The number of aliphatic hydroxyl groups is 3. The van der Waals surface area contributed by atoms with Gasteiger partial charge in [-0.05, 0) is 73.7 Å². The Bertz CT molecular complexity index is 5110. The molecule has 1 aliphatic carbocycles. The van der Waals surface area contributed by atoms with E-state index in [0.29, 0.717) is 5.56 Å². The van der Waals surface area contributed by atoms with Crippen molar-refractivity contribution in [2.45, 2.75) is 214 Å². The number of rotatable bonds is 43. The molecule has 0 radical (unpaired) electrons. The molecule has 10 aromatic carbocycles. The second kappa shape index (κ2) is 47.5. The third-order valence-electron chi connectivity index (χ3n) is 23.7. The number of hydrogen-bond donors (Lipinski definition) is 7. The van der Waals surface area contributed by atoms with Gasteiger partial charge in [-0.3, -0.25) is 9.59 Å². The van der Waals surface area contributed by atoms with Crippen molar-refractivity contribution in [2.24, 2.45) is 0 Å². The number of nitrogens with one attached hydrogen (secondary N) is 3. The third kappa shape index (κ3) is 25.5. The average molecular weight is 1790 g/mol. The number of hydrogen-bond acceptors (Lipinski definition) is 24. The lowest BCUT2D eigenvalue weighted by molar-refractivity contribution is -0.373. The van der Waals surface area contributed by atoms with Gasteiger partial charge in [-0.25, -0.2) is 9.59 Å². The predicted octanol–water partition coefficient (Wildman–Crippen LogP) is 11.7. The lowest BCUT2D eigenvalue weighted by Gasteiger charge is -2.51. The van der Waals surface area contributed by atoms with E-state index in [2.05, 4.69) is 16.0 Å². The van der Waals surface area contributed by atoms with Crippen LogP contribution in [0.3, 0.4) is 0 Å². The Morgan fingerprint density at radius 3 is 1.12 bits per heavy atom. The summed E-state index contributed by atoms with van der Waals surface area (Å²) in [6, 6.07) is 86.0. The molecule has 28 nitrogen and oxygen atoms in total. The van der Waals surface area contributed by atoms with E-state index in [4.69, 9.17) is 80.5 Å². The highest BCUT2D eigenvalue weighted by Crippen LogP contribution is 2.45. The molecule has 28 heteroatoms. The molecule has 7 N–H and O–H groups in total. The number of aliphatic carboxylic acids is 1. The number of carboxylic acids is 1. The molecule has 4 fully saturated rings. The third-order valence-corrected chi connectivity index (χ3v) is 23.7. The second-order valence-corrected chi connectivity index (χ2v) is 33.0. The summed E-state index contributed by atoms with van der Waals surface area (Å²) in [5.74, 6) is -3.22. The molecular formula is C103H113N3O25. The number of carboxylic acid groups (broad SMARTS) is 1. The van der Waals surface area contributed by atoms with Gasteiger partial charge in [-0.1, -0.05) is 291 Å². The van der Waals surface area contributed by atoms with Crippen molar-refractivity contribution in [3.63, 3.8) is 0 Å². The molecule has 5 aliphatic rings. The molecule has 0 bridgehead atoms. The molecule has 0 aromatic heterocycles. The summed E-state index contributed by atoms with van der Waals surface area (Å²) in [4.78, 5) is 56.3. The Morgan fingerprint density at radius 2 is 0.687 bits per heavy atom. The quantitative estimate of drug-likeness (QED) is 0.0187. The number of ether oxygens (including phenoxy) is 17.